The second-order valence-corrected chi connectivity index (χ2v) is 14.0. The molecule has 0 aromatic carbocycles. The molecule has 0 heterocycles. The highest BCUT2D eigenvalue weighted by Gasteiger charge is 2.44. The zero-order valence-electron chi connectivity index (χ0n) is 17.4. The topological polar surface area (TPSA) is 103 Å². The van der Waals surface area contributed by atoms with Crippen LogP contribution in [-0.2, 0) is 14.0 Å². The first-order valence-electron chi connectivity index (χ1n) is 8.69. The number of hydrogen-bond acceptors (Lipinski definition) is 5. The molecule has 0 fully saturated rings. The zero-order valence-corrected chi connectivity index (χ0v) is 18.4. The van der Waals surface area contributed by atoms with Crippen molar-refractivity contribution < 1.29 is 18.8 Å². The van der Waals surface area contributed by atoms with Gasteiger partial charge in [-0.2, -0.15) is 0 Å². The minimum Gasteiger partial charge on any atom is -0.444 e. The molecular formula is C17H37N3O4Si. The summed E-state index contributed by atoms with van der Waals surface area (Å²) in [5.41, 5.74) is 1.53. The molecule has 8 heteroatoms. The highest BCUT2D eigenvalue weighted by atomic mass is 28.4. The molecule has 0 aromatic heterocycles. The van der Waals surface area contributed by atoms with Crippen LogP contribution in [0.5, 0.6) is 0 Å². The van der Waals surface area contributed by atoms with Gasteiger partial charge in [0.2, 0.25) is 0 Å². The van der Waals surface area contributed by atoms with E-state index in [1.165, 1.54) is 0 Å². The fraction of sp³-hybridized carbons (Fsp3) is 0.882. The Labute approximate surface area is 153 Å². The standard InChI is InChI=1S/C17H37N3O4Si/c1-11(2)12(19-15(22)23-16(3,4)5)13(14(21)20-18)24-25(9,10)17(6,7)8/h11-13H,18H2,1-10H3,(H,19,22)(H,20,21). The lowest BCUT2D eigenvalue weighted by Crippen LogP contribution is -2.60. The van der Waals surface area contributed by atoms with Gasteiger partial charge < -0.3 is 14.5 Å². The summed E-state index contributed by atoms with van der Waals surface area (Å²) in [4.78, 5) is 24.6. The third kappa shape index (κ3) is 7.75. The maximum Gasteiger partial charge on any atom is 0.407 e. The molecule has 25 heavy (non-hydrogen) atoms. The van der Waals surface area contributed by atoms with Crippen LogP contribution in [0.1, 0.15) is 55.4 Å². The Hall–Kier alpha value is -1.12. The summed E-state index contributed by atoms with van der Waals surface area (Å²) in [5, 5.41) is 2.69. The van der Waals surface area contributed by atoms with Crippen LogP contribution in [0.2, 0.25) is 18.1 Å². The van der Waals surface area contributed by atoms with Crippen molar-refractivity contribution in [2.24, 2.45) is 11.8 Å². The largest absolute Gasteiger partial charge is 0.444 e. The molecule has 0 aliphatic rings. The molecule has 2 amide bonds. The second-order valence-electron chi connectivity index (χ2n) is 9.22. The fourth-order valence-electron chi connectivity index (χ4n) is 1.90. The summed E-state index contributed by atoms with van der Waals surface area (Å²) in [6, 6.07) is -0.562. The average Bonchev–Trinajstić information content (AvgIpc) is 2.38. The molecule has 2 atom stereocenters. The molecule has 4 N–H and O–H groups in total. The molecule has 0 aliphatic heterocycles. The van der Waals surface area contributed by atoms with E-state index in [4.69, 9.17) is 15.0 Å². The molecule has 0 bridgehead atoms. The van der Waals surface area contributed by atoms with Crippen LogP contribution in [0.15, 0.2) is 0 Å². The van der Waals surface area contributed by atoms with Crippen LogP contribution in [0.3, 0.4) is 0 Å². The monoisotopic (exact) mass is 375 g/mol. The predicted molar refractivity (Wildman–Crippen MR) is 102 cm³/mol. The first kappa shape index (κ1) is 23.9. The Morgan fingerprint density at radius 3 is 1.84 bits per heavy atom. The number of amides is 2. The van der Waals surface area contributed by atoms with E-state index >= 15 is 0 Å². The third-order valence-corrected chi connectivity index (χ3v) is 8.81. The normalized spacial score (nSPS) is 15.5. The first-order valence-corrected chi connectivity index (χ1v) is 11.6. The van der Waals surface area contributed by atoms with Gasteiger partial charge in [-0.05, 0) is 44.8 Å². The Kier molecular flexibility index (Phi) is 8.12. The van der Waals surface area contributed by atoms with Crippen molar-refractivity contribution >= 4 is 20.3 Å². The van der Waals surface area contributed by atoms with Crippen molar-refractivity contribution in [3.05, 3.63) is 0 Å². The van der Waals surface area contributed by atoms with E-state index in [1.54, 1.807) is 20.8 Å². The Morgan fingerprint density at radius 1 is 1.04 bits per heavy atom. The number of carbonyl (C=O) groups excluding carboxylic acids is 2. The van der Waals surface area contributed by atoms with Crippen LogP contribution < -0.4 is 16.6 Å². The van der Waals surface area contributed by atoms with E-state index < -0.39 is 38.1 Å². The number of carbonyl (C=O) groups is 2. The average molecular weight is 376 g/mol. The highest BCUT2D eigenvalue weighted by Crippen LogP contribution is 2.38. The van der Waals surface area contributed by atoms with Crippen molar-refractivity contribution in [2.45, 2.75) is 91.3 Å². The lowest BCUT2D eigenvalue weighted by Gasteiger charge is -2.41. The molecule has 0 saturated heterocycles. The molecule has 0 radical (unpaired) electrons. The molecular weight excluding hydrogens is 338 g/mol. The van der Waals surface area contributed by atoms with E-state index in [0.29, 0.717) is 0 Å². The molecule has 2 unspecified atom stereocenters. The van der Waals surface area contributed by atoms with Crippen LogP contribution in [0.25, 0.3) is 0 Å². The summed E-state index contributed by atoms with van der Waals surface area (Å²) >= 11 is 0. The molecule has 148 valence electrons. The predicted octanol–water partition coefficient (Wildman–Crippen LogP) is 2.92. The smallest absolute Gasteiger partial charge is 0.407 e. The molecule has 0 rings (SSSR count). The van der Waals surface area contributed by atoms with Gasteiger partial charge in [0.1, 0.15) is 11.7 Å². The van der Waals surface area contributed by atoms with E-state index in [0.717, 1.165) is 0 Å². The van der Waals surface area contributed by atoms with Crippen molar-refractivity contribution in [1.82, 2.24) is 10.7 Å². The van der Waals surface area contributed by atoms with Crippen LogP contribution in [0.4, 0.5) is 4.79 Å². The van der Waals surface area contributed by atoms with Gasteiger partial charge in [0.25, 0.3) is 5.91 Å². The van der Waals surface area contributed by atoms with Gasteiger partial charge in [0.05, 0.1) is 6.04 Å². The van der Waals surface area contributed by atoms with E-state index in [1.807, 2.05) is 13.8 Å². The summed E-state index contributed by atoms with van der Waals surface area (Å²) in [6.45, 7) is 19.5. The van der Waals surface area contributed by atoms with Gasteiger partial charge >= 0.3 is 6.09 Å². The molecule has 0 aliphatic carbocycles. The maximum absolute atomic E-state index is 12.4. The van der Waals surface area contributed by atoms with E-state index in [-0.39, 0.29) is 11.0 Å². The number of ether oxygens (including phenoxy) is 1. The number of alkyl carbamates (subject to hydrolysis) is 1. The van der Waals surface area contributed by atoms with E-state index in [2.05, 4.69) is 44.6 Å². The summed E-state index contributed by atoms with van der Waals surface area (Å²) in [6.07, 6.45) is -1.47. The SMILES string of the molecule is CC(C)C(NC(=O)OC(C)(C)C)C(O[Si](C)(C)C(C)(C)C)C(=O)NN. The second kappa shape index (κ2) is 8.51. The highest BCUT2D eigenvalue weighted by molar-refractivity contribution is 6.74. The quantitative estimate of drug-likeness (QED) is 0.287. The van der Waals surface area contributed by atoms with Crippen LogP contribution >= 0.6 is 0 Å². The lowest BCUT2D eigenvalue weighted by molar-refractivity contribution is -0.130. The number of nitrogens with two attached hydrogens (primary N) is 1. The number of nitrogens with one attached hydrogen (secondary N) is 2. The minimum atomic E-state index is -2.26. The zero-order chi connectivity index (χ0) is 20.2. The van der Waals surface area contributed by atoms with Gasteiger partial charge in [-0.3, -0.25) is 10.2 Å². The van der Waals surface area contributed by atoms with Crippen molar-refractivity contribution in [1.29, 1.82) is 0 Å². The Balaban J connectivity index is 5.56. The third-order valence-electron chi connectivity index (χ3n) is 4.36. The number of rotatable bonds is 6. The van der Waals surface area contributed by atoms with Gasteiger partial charge in [-0.15, -0.1) is 0 Å². The van der Waals surface area contributed by atoms with Gasteiger partial charge in [-0.25, -0.2) is 10.6 Å². The Morgan fingerprint density at radius 2 is 1.52 bits per heavy atom. The van der Waals surface area contributed by atoms with Gasteiger partial charge in [0.15, 0.2) is 8.32 Å². The maximum atomic E-state index is 12.4. The van der Waals surface area contributed by atoms with Gasteiger partial charge in [0, 0.05) is 0 Å². The van der Waals surface area contributed by atoms with Crippen molar-refractivity contribution in [2.75, 3.05) is 0 Å². The first-order chi connectivity index (χ1) is 11.0. The molecule has 0 spiro atoms. The molecule has 0 saturated carbocycles. The Bertz CT molecular complexity index is 467. The van der Waals surface area contributed by atoms with Crippen molar-refractivity contribution in [3.8, 4) is 0 Å². The minimum absolute atomic E-state index is 0.0559. The van der Waals surface area contributed by atoms with Crippen LogP contribution in [0, 0.1) is 5.92 Å². The summed E-state index contributed by atoms with van der Waals surface area (Å²) in [7, 11) is -2.26. The number of hydrogen-bond donors (Lipinski definition) is 3. The van der Waals surface area contributed by atoms with E-state index in [9.17, 15) is 9.59 Å². The fourth-order valence-corrected chi connectivity index (χ4v) is 3.14. The van der Waals surface area contributed by atoms with Gasteiger partial charge in [-0.1, -0.05) is 34.6 Å². The molecule has 7 nitrogen and oxygen atoms in total. The summed E-state index contributed by atoms with van der Waals surface area (Å²) < 4.78 is 11.6. The number of hydrazine groups is 1. The molecule has 0 aromatic rings. The van der Waals surface area contributed by atoms with Crippen molar-refractivity contribution in [3.63, 3.8) is 0 Å². The summed E-state index contributed by atoms with van der Waals surface area (Å²) in [5.74, 6) is 4.85. The van der Waals surface area contributed by atoms with Crippen LogP contribution in [-0.4, -0.2) is 38.1 Å². The lowest BCUT2D eigenvalue weighted by atomic mass is 9.98.